The van der Waals surface area contributed by atoms with Crippen LogP contribution in [0.1, 0.15) is 11.3 Å². The third kappa shape index (κ3) is 3.07. The molecule has 2 rings (SSSR count). The fraction of sp³-hybridized carbons (Fsp3) is 0.308. The summed E-state index contributed by atoms with van der Waals surface area (Å²) in [5, 5.41) is 9.19. The summed E-state index contributed by atoms with van der Waals surface area (Å²) in [7, 11) is 0. The largest absolute Gasteiger partial charge is 0.508 e. The summed E-state index contributed by atoms with van der Waals surface area (Å²) in [4.78, 5) is 4.13. The highest BCUT2D eigenvalue weighted by Crippen LogP contribution is 2.11. The number of benzene rings is 1. The maximum Gasteiger partial charge on any atom is 0.115 e. The van der Waals surface area contributed by atoms with Crippen LogP contribution >= 0.6 is 0 Å². The Morgan fingerprint density at radius 1 is 1.18 bits per heavy atom. The van der Waals surface area contributed by atoms with Gasteiger partial charge in [-0.3, -0.25) is 0 Å². The predicted molar refractivity (Wildman–Crippen MR) is 66.8 cm³/mol. The molecular weight excluding hydrogens is 214 g/mol. The Hall–Kier alpha value is -1.81. The number of hydrogen-bond acceptors (Lipinski definition) is 3. The first-order chi connectivity index (χ1) is 8.29. The molecule has 1 heterocycles. The molecular formula is C13H17N3O. The van der Waals surface area contributed by atoms with Crippen LogP contribution in [-0.4, -0.2) is 21.2 Å². The van der Waals surface area contributed by atoms with E-state index in [0.717, 1.165) is 19.4 Å². The normalized spacial score (nSPS) is 10.6. The summed E-state index contributed by atoms with van der Waals surface area (Å²) in [5.74, 6) is 0.306. The summed E-state index contributed by atoms with van der Waals surface area (Å²) >= 11 is 0. The Morgan fingerprint density at radius 3 is 2.65 bits per heavy atom. The number of aromatic hydroxyl groups is 1. The zero-order valence-corrected chi connectivity index (χ0v) is 9.71. The minimum absolute atomic E-state index is 0.306. The molecule has 0 radical (unpaired) electrons. The van der Waals surface area contributed by atoms with E-state index in [1.54, 1.807) is 12.1 Å². The van der Waals surface area contributed by atoms with Gasteiger partial charge in [-0.15, -0.1) is 0 Å². The first-order valence-corrected chi connectivity index (χ1v) is 5.76. The van der Waals surface area contributed by atoms with Gasteiger partial charge in [-0.1, -0.05) is 12.1 Å². The van der Waals surface area contributed by atoms with E-state index in [9.17, 15) is 5.11 Å². The van der Waals surface area contributed by atoms with Crippen molar-refractivity contribution in [2.24, 2.45) is 5.73 Å². The molecule has 0 fully saturated rings. The molecule has 0 amide bonds. The molecule has 0 saturated heterocycles. The van der Waals surface area contributed by atoms with Gasteiger partial charge in [0.2, 0.25) is 0 Å². The summed E-state index contributed by atoms with van der Waals surface area (Å²) < 4.78 is 2.12. The number of rotatable bonds is 5. The van der Waals surface area contributed by atoms with Crippen LogP contribution in [0.3, 0.4) is 0 Å². The van der Waals surface area contributed by atoms with Gasteiger partial charge in [0.25, 0.3) is 0 Å². The van der Waals surface area contributed by atoms with E-state index in [2.05, 4.69) is 9.55 Å². The van der Waals surface area contributed by atoms with Gasteiger partial charge in [-0.05, 0) is 30.7 Å². The molecule has 0 spiro atoms. The maximum atomic E-state index is 9.19. The second kappa shape index (κ2) is 5.50. The van der Waals surface area contributed by atoms with Crippen molar-refractivity contribution < 1.29 is 5.11 Å². The Labute approximate surface area is 101 Å². The Balaban J connectivity index is 1.97. The van der Waals surface area contributed by atoms with Crippen LogP contribution in [0, 0.1) is 0 Å². The van der Waals surface area contributed by atoms with Crippen LogP contribution in [0.15, 0.2) is 36.8 Å². The standard InChI is InChI=1S/C13H17N3O/c14-7-5-12-9-15-10-16(12)8-6-11-1-3-13(17)4-2-11/h1-4,9-10,17H,5-8,14H2. The molecule has 4 nitrogen and oxygen atoms in total. The molecule has 0 atom stereocenters. The van der Waals surface area contributed by atoms with Crippen molar-refractivity contribution in [2.75, 3.05) is 6.54 Å². The molecule has 90 valence electrons. The third-order valence-electron chi connectivity index (χ3n) is 2.78. The van der Waals surface area contributed by atoms with E-state index in [0.29, 0.717) is 12.3 Å². The zero-order chi connectivity index (χ0) is 12.1. The summed E-state index contributed by atoms with van der Waals surface area (Å²) in [6.45, 7) is 1.53. The summed E-state index contributed by atoms with van der Waals surface area (Å²) in [5.41, 5.74) is 7.92. The molecule has 0 bridgehead atoms. The van der Waals surface area contributed by atoms with E-state index < -0.39 is 0 Å². The van der Waals surface area contributed by atoms with Crippen LogP contribution in [0.4, 0.5) is 0 Å². The van der Waals surface area contributed by atoms with Gasteiger partial charge in [-0.2, -0.15) is 0 Å². The number of phenolic OH excluding ortho intramolecular Hbond substituents is 1. The van der Waals surface area contributed by atoms with Gasteiger partial charge in [0.15, 0.2) is 0 Å². The van der Waals surface area contributed by atoms with Gasteiger partial charge >= 0.3 is 0 Å². The van der Waals surface area contributed by atoms with Crippen LogP contribution in [-0.2, 0) is 19.4 Å². The molecule has 1 aromatic carbocycles. The first kappa shape index (κ1) is 11.7. The lowest BCUT2D eigenvalue weighted by Gasteiger charge is -2.07. The highest BCUT2D eigenvalue weighted by molar-refractivity contribution is 5.25. The van der Waals surface area contributed by atoms with Crippen molar-refractivity contribution >= 4 is 0 Å². The number of nitrogens with two attached hydrogens (primary N) is 1. The van der Waals surface area contributed by atoms with Crippen molar-refractivity contribution in [2.45, 2.75) is 19.4 Å². The Bertz CT molecular complexity index is 462. The smallest absolute Gasteiger partial charge is 0.115 e. The fourth-order valence-electron chi connectivity index (χ4n) is 1.82. The number of phenols is 1. The molecule has 17 heavy (non-hydrogen) atoms. The van der Waals surface area contributed by atoms with Crippen LogP contribution in [0.5, 0.6) is 5.75 Å². The molecule has 4 heteroatoms. The Kier molecular flexibility index (Phi) is 3.77. The quantitative estimate of drug-likeness (QED) is 0.816. The maximum absolute atomic E-state index is 9.19. The van der Waals surface area contributed by atoms with Gasteiger partial charge in [0.05, 0.1) is 6.33 Å². The summed E-state index contributed by atoms with van der Waals surface area (Å²) in [6.07, 6.45) is 5.48. The topological polar surface area (TPSA) is 64.1 Å². The fourth-order valence-corrected chi connectivity index (χ4v) is 1.82. The van der Waals surface area contributed by atoms with Crippen molar-refractivity contribution in [3.8, 4) is 5.75 Å². The summed E-state index contributed by atoms with van der Waals surface area (Å²) in [6, 6.07) is 7.30. The highest BCUT2D eigenvalue weighted by atomic mass is 16.3. The van der Waals surface area contributed by atoms with Gasteiger partial charge in [0.1, 0.15) is 5.75 Å². The van der Waals surface area contributed by atoms with Crippen LogP contribution < -0.4 is 5.73 Å². The predicted octanol–water partition coefficient (Wildman–Crippen LogP) is 1.33. The van der Waals surface area contributed by atoms with E-state index in [4.69, 9.17) is 5.73 Å². The molecule has 0 aliphatic rings. The molecule has 0 saturated carbocycles. The van der Waals surface area contributed by atoms with E-state index >= 15 is 0 Å². The number of nitrogens with zero attached hydrogens (tertiary/aromatic N) is 2. The lowest BCUT2D eigenvalue weighted by atomic mass is 10.1. The first-order valence-electron chi connectivity index (χ1n) is 5.76. The van der Waals surface area contributed by atoms with Crippen LogP contribution in [0.2, 0.25) is 0 Å². The minimum atomic E-state index is 0.306. The van der Waals surface area contributed by atoms with Crippen LogP contribution in [0.25, 0.3) is 0 Å². The van der Waals surface area contributed by atoms with E-state index in [1.807, 2.05) is 24.7 Å². The van der Waals surface area contributed by atoms with Crippen molar-refractivity contribution in [3.05, 3.63) is 48.0 Å². The second-order valence-corrected chi connectivity index (χ2v) is 4.03. The van der Waals surface area contributed by atoms with E-state index in [-0.39, 0.29) is 0 Å². The van der Waals surface area contributed by atoms with Gasteiger partial charge < -0.3 is 15.4 Å². The molecule has 0 aliphatic heterocycles. The number of hydrogen-bond donors (Lipinski definition) is 2. The lowest BCUT2D eigenvalue weighted by molar-refractivity contribution is 0.475. The monoisotopic (exact) mass is 231 g/mol. The molecule has 2 aromatic rings. The third-order valence-corrected chi connectivity index (χ3v) is 2.78. The second-order valence-electron chi connectivity index (χ2n) is 4.03. The SMILES string of the molecule is NCCc1cncn1CCc1ccc(O)cc1. The van der Waals surface area contributed by atoms with E-state index in [1.165, 1.54) is 11.3 Å². The van der Waals surface area contributed by atoms with Crippen molar-refractivity contribution in [1.29, 1.82) is 0 Å². The molecule has 1 aromatic heterocycles. The van der Waals surface area contributed by atoms with Crippen molar-refractivity contribution in [1.82, 2.24) is 9.55 Å². The molecule has 0 unspecified atom stereocenters. The zero-order valence-electron chi connectivity index (χ0n) is 9.71. The molecule has 0 aliphatic carbocycles. The number of aryl methyl sites for hydroxylation is 2. The van der Waals surface area contributed by atoms with Gasteiger partial charge in [-0.25, -0.2) is 4.98 Å². The lowest BCUT2D eigenvalue weighted by Crippen LogP contribution is -2.09. The van der Waals surface area contributed by atoms with Gasteiger partial charge in [0, 0.05) is 24.9 Å². The Morgan fingerprint density at radius 2 is 1.94 bits per heavy atom. The number of imidazole rings is 1. The highest BCUT2D eigenvalue weighted by Gasteiger charge is 2.01. The average Bonchev–Trinajstić information content (AvgIpc) is 2.77. The molecule has 3 N–H and O–H groups in total. The number of aromatic nitrogens is 2. The average molecular weight is 231 g/mol. The van der Waals surface area contributed by atoms with Crippen molar-refractivity contribution in [3.63, 3.8) is 0 Å². The minimum Gasteiger partial charge on any atom is -0.508 e.